The second kappa shape index (κ2) is 10.3. The molecule has 1 N–H and O–H groups in total. The van der Waals surface area contributed by atoms with E-state index in [1.807, 2.05) is 56.6 Å². The molecule has 0 bridgehead atoms. The van der Waals surface area contributed by atoms with Crippen LogP contribution in [0, 0.1) is 19.8 Å². The molecule has 0 unspecified atom stereocenters. The number of halogens is 1. The van der Waals surface area contributed by atoms with Gasteiger partial charge in [0.25, 0.3) is 5.91 Å². The van der Waals surface area contributed by atoms with E-state index in [2.05, 4.69) is 10.4 Å². The van der Waals surface area contributed by atoms with Gasteiger partial charge in [0.15, 0.2) is 6.10 Å². The Labute approximate surface area is 176 Å². The SMILES string of the molecule is Cc1nn(Cc2ccccc2Cl)c(C)c1/C=C/C(=O)O[C@@H](C)C(=O)NCC(C)C. The van der Waals surface area contributed by atoms with Gasteiger partial charge in [-0.1, -0.05) is 43.6 Å². The first kappa shape index (κ1) is 22.7. The normalized spacial score (nSPS) is 12.4. The molecule has 2 rings (SSSR count). The van der Waals surface area contributed by atoms with E-state index in [9.17, 15) is 9.59 Å². The van der Waals surface area contributed by atoms with Crippen LogP contribution in [0.3, 0.4) is 0 Å². The summed E-state index contributed by atoms with van der Waals surface area (Å²) in [6.07, 6.45) is 2.14. The predicted molar refractivity (Wildman–Crippen MR) is 115 cm³/mol. The molecule has 156 valence electrons. The molecule has 0 spiro atoms. The molecule has 2 aromatic rings. The van der Waals surface area contributed by atoms with Crippen molar-refractivity contribution in [3.8, 4) is 0 Å². The highest BCUT2D eigenvalue weighted by molar-refractivity contribution is 6.31. The molecule has 0 saturated heterocycles. The molecule has 0 fully saturated rings. The van der Waals surface area contributed by atoms with Crippen molar-refractivity contribution in [1.29, 1.82) is 0 Å². The summed E-state index contributed by atoms with van der Waals surface area (Å²) in [5.41, 5.74) is 3.51. The molecule has 0 aliphatic rings. The van der Waals surface area contributed by atoms with Crippen molar-refractivity contribution in [2.24, 2.45) is 5.92 Å². The number of hydrogen-bond donors (Lipinski definition) is 1. The maximum atomic E-state index is 12.1. The molecular formula is C22H28ClN3O3. The fourth-order valence-electron chi connectivity index (χ4n) is 2.76. The number of aryl methyl sites for hydroxylation is 1. The lowest BCUT2D eigenvalue weighted by Crippen LogP contribution is -2.37. The number of nitrogens with one attached hydrogen (secondary N) is 1. The highest BCUT2D eigenvalue weighted by Gasteiger charge is 2.17. The quantitative estimate of drug-likeness (QED) is 0.522. The van der Waals surface area contributed by atoms with Gasteiger partial charge in [0.2, 0.25) is 0 Å². The monoisotopic (exact) mass is 417 g/mol. The summed E-state index contributed by atoms with van der Waals surface area (Å²) < 4.78 is 7.03. The smallest absolute Gasteiger partial charge is 0.331 e. The molecule has 29 heavy (non-hydrogen) atoms. The number of amides is 1. The second-order valence-corrected chi connectivity index (χ2v) is 7.79. The number of rotatable bonds is 8. The van der Waals surface area contributed by atoms with Gasteiger partial charge >= 0.3 is 5.97 Å². The van der Waals surface area contributed by atoms with Gasteiger partial charge in [0.05, 0.1) is 12.2 Å². The first-order valence-electron chi connectivity index (χ1n) is 9.62. The van der Waals surface area contributed by atoms with Crippen LogP contribution in [0.5, 0.6) is 0 Å². The van der Waals surface area contributed by atoms with Crippen LogP contribution in [0.15, 0.2) is 30.3 Å². The van der Waals surface area contributed by atoms with Gasteiger partial charge in [0.1, 0.15) is 0 Å². The molecule has 1 amide bonds. The van der Waals surface area contributed by atoms with E-state index < -0.39 is 12.1 Å². The summed E-state index contributed by atoms with van der Waals surface area (Å²) in [5, 5.41) is 7.98. The largest absolute Gasteiger partial charge is 0.449 e. The highest BCUT2D eigenvalue weighted by atomic mass is 35.5. The molecule has 1 atom stereocenters. The van der Waals surface area contributed by atoms with Crippen LogP contribution in [-0.4, -0.2) is 34.3 Å². The third-order valence-corrected chi connectivity index (χ3v) is 4.82. The number of carbonyl (C=O) groups is 2. The fraction of sp³-hybridized carbons (Fsp3) is 0.409. The Hall–Kier alpha value is -2.60. The Kier molecular flexibility index (Phi) is 8.02. The fourth-order valence-corrected chi connectivity index (χ4v) is 2.96. The molecule has 6 nitrogen and oxygen atoms in total. The Morgan fingerprint density at radius 3 is 2.59 bits per heavy atom. The summed E-state index contributed by atoms with van der Waals surface area (Å²) in [6.45, 7) is 10.4. The molecule has 0 aliphatic heterocycles. The van der Waals surface area contributed by atoms with Gasteiger partial charge in [-0.3, -0.25) is 9.48 Å². The van der Waals surface area contributed by atoms with Crippen molar-refractivity contribution in [3.63, 3.8) is 0 Å². The van der Waals surface area contributed by atoms with Crippen molar-refractivity contribution >= 4 is 29.6 Å². The first-order chi connectivity index (χ1) is 13.7. The number of benzene rings is 1. The average molecular weight is 418 g/mol. The van der Waals surface area contributed by atoms with Crippen LogP contribution in [0.4, 0.5) is 0 Å². The van der Waals surface area contributed by atoms with E-state index in [0.29, 0.717) is 24.0 Å². The van der Waals surface area contributed by atoms with Crippen LogP contribution in [0.2, 0.25) is 5.02 Å². The molecule has 0 radical (unpaired) electrons. The minimum absolute atomic E-state index is 0.305. The van der Waals surface area contributed by atoms with Crippen molar-refractivity contribution in [2.45, 2.75) is 47.3 Å². The van der Waals surface area contributed by atoms with Crippen LogP contribution in [0.25, 0.3) is 6.08 Å². The van der Waals surface area contributed by atoms with Gasteiger partial charge in [-0.2, -0.15) is 5.10 Å². The van der Waals surface area contributed by atoms with Crippen LogP contribution < -0.4 is 5.32 Å². The summed E-state index contributed by atoms with van der Waals surface area (Å²) in [6, 6.07) is 7.62. The maximum absolute atomic E-state index is 12.1. The molecule has 1 aromatic heterocycles. The van der Waals surface area contributed by atoms with Crippen molar-refractivity contribution in [2.75, 3.05) is 6.54 Å². The van der Waals surface area contributed by atoms with E-state index >= 15 is 0 Å². The summed E-state index contributed by atoms with van der Waals surface area (Å²) >= 11 is 6.24. The molecule has 1 aromatic carbocycles. The topological polar surface area (TPSA) is 73.2 Å². The molecular weight excluding hydrogens is 390 g/mol. The summed E-state index contributed by atoms with van der Waals surface area (Å²) in [5.74, 6) is -0.551. The third kappa shape index (κ3) is 6.46. The average Bonchev–Trinajstić information content (AvgIpc) is 2.92. The van der Waals surface area contributed by atoms with E-state index in [1.54, 1.807) is 13.0 Å². The third-order valence-electron chi connectivity index (χ3n) is 4.45. The molecule has 7 heteroatoms. The molecule has 0 aliphatic carbocycles. The van der Waals surface area contributed by atoms with E-state index in [4.69, 9.17) is 16.3 Å². The van der Waals surface area contributed by atoms with Gasteiger partial charge < -0.3 is 10.1 Å². The zero-order valence-electron chi connectivity index (χ0n) is 17.5. The van der Waals surface area contributed by atoms with E-state index in [1.165, 1.54) is 6.08 Å². The van der Waals surface area contributed by atoms with E-state index in [-0.39, 0.29) is 5.91 Å². The van der Waals surface area contributed by atoms with Gasteiger partial charge in [0, 0.05) is 28.9 Å². The van der Waals surface area contributed by atoms with Crippen molar-refractivity contribution in [1.82, 2.24) is 15.1 Å². The number of nitrogens with zero attached hydrogens (tertiary/aromatic N) is 2. The summed E-state index contributed by atoms with van der Waals surface area (Å²) in [4.78, 5) is 24.0. The zero-order valence-corrected chi connectivity index (χ0v) is 18.3. The minimum Gasteiger partial charge on any atom is -0.449 e. The lowest BCUT2D eigenvalue weighted by Gasteiger charge is -2.13. The lowest BCUT2D eigenvalue weighted by molar-refractivity contribution is -0.150. The summed E-state index contributed by atoms with van der Waals surface area (Å²) in [7, 11) is 0. The second-order valence-electron chi connectivity index (χ2n) is 7.39. The van der Waals surface area contributed by atoms with Crippen LogP contribution >= 0.6 is 11.6 Å². The lowest BCUT2D eigenvalue weighted by atomic mass is 10.1. The number of ether oxygens (including phenoxy) is 1. The molecule has 0 saturated carbocycles. The van der Waals surface area contributed by atoms with Crippen LogP contribution in [-0.2, 0) is 20.9 Å². The predicted octanol–water partition coefficient (Wildman–Crippen LogP) is 3.92. The van der Waals surface area contributed by atoms with Gasteiger partial charge in [-0.15, -0.1) is 0 Å². The Bertz CT molecular complexity index is 903. The Morgan fingerprint density at radius 1 is 1.24 bits per heavy atom. The molecule has 1 heterocycles. The first-order valence-corrected chi connectivity index (χ1v) is 10.0. The number of hydrogen-bond acceptors (Lipinski definition) is 4. The standard InChI is InChI=1S/C22H28ClN3O3/c1-14(2)12-24-22(28)17(5)29-21(27)11-10-19-15(3)25-26(16(19)4)13-18-8-6-7-9-20(18)23/h6-11,14,17H,12-13H2,1-5H3,(H,24,28)/b11-10+/t17-/m0/s1. The Morgan fingerprint density at radius 2 is 1.93 bits per heavy atom. The zero-order chi connectivity index (χ0) is 21.6. The maximum Gasteiger partial charge on any atom is 0.331 e. The van der Waals surface area contributed by atoms with Gasteiger partial charge in [-0.25, -0.2) is 4.79 Å². The van der Waals surface area contributed by atoms with E-state index in [0.717, 1.165) is 22.5 Å². The number of carbonyl (C=O) groups excluding carboxylic acids is 2. The van der Waals surface area contributed by atoms with Gasteiger partial charge in [-0.05, 0) is 44.4 Å². The number of aromatic nitrogens is 2. The van der Waals surface area contributed by atoms with Crippen LogP contribution in [0.1, 0.15) is 43.3 Å². The minimum atomic E-state index is -0.851. The highest BCUT2D eigenvalue weighted by Crippen LogP contribution is 2.20. The van der Waals surface area contributed by atoms with Crippen molar-refractivity contribution < 1.29 is 14.3 Å². The number of esters is 1. The van der Waals surface area contributed by atoms with Crippen molar-refractivity contribution in [3.05, 3.63) is 57.9 Å². The Balaban J connectivity index is 2.03.